The van der Waals surface area contributed by atoms with Gasteiger partial charge in [-0.3, -0.25) is 14.3 Å². The number of hydrogen-bond acceptors (Lipinski definition) is 5. The summed E-state index contributed by atoms with van der Waals surface area (Å²) in [4.78, 5) is 19.6. The van der Waals surface area contributed by atoms with E-state index in [1.165, 1.54) is 12.1 Å². The van der Waals surface area contributed by atoms with Gasteiger partial charge in [-0.15, -0.1) is 11.3 Å². The maximum atomic E-state index is 13.9. The number of likely N-dealkylation sites (N-methyl/N-ethyl adjacent to an activating group) is 1. The van der Waals surface area contributed by atoms with Crippen molar-refractivity contribution in [2.24, 2.45) is 0 Å². The highest BCUT2D eigenvalue weighted by molar-refractivity contribution is 7.18. The number of anilines is 1. The Bertz CT molecular complexity index is 1350. The zero-order valence-corrected chi connectivity index (χ0v) is 19.7. The summed E-state index contributed by atoms with van der Waals surface area (Å²) in [6, 6.07) is 16.1. The fraction of sp³-hybridized carbons (Fsp3) is 0.240. The van der Waals surface area contributed by atoms with Crippen LogP contribution >= 0.6 is 11.3 Å². The van der Waals surface area contributed by atoms with Gasteiger partial charge in [0.05, 0.1) is 34.1 Å². The molecule has 8 heteroatoms. The summed E-state index contributed by atoms with van der Waals surface area (Å²) < 4.78 is 16.7. The van der Waals surface area contributed by atoms with E-state index >= 15 is 0 Å². The number of nitrogens with one attached hydrogen (secondary N) is 1. The Morgan fingerprint density at radius 3 is 2.73 bits per heavy atom. The standard InChI is InChI=1S/C25H24FN5OS/c1-15-16(2)31(19-9-7-8-18(26)12-19)24(20(15)13-27)29-23(32)14-30(4)17(3)25-28-21-10-5-6-11-22(21)33-25/h5-12,17H,14H2,1-4H3,(H,29,32). The van der Waals surface area contributed by atoms with Gasteiger partial charge >= 0.3 is 0 Å². The third-order valence-corrected chi connectivity index (χ3v) is 7.08. The molecule has 2 aromatic carbocycles. The van der Waals surface area contributed by atoms with Crippen LogP contribution in [0.1, 0.15) is 34.8 Å². The molecule has 2 aromatic heterocycles. The summed E-state index contributed by atoms with van der Waals surface area (Å²) in [5.74, 6) is -0.306. The molecule has 4 aromatic rings. The molecule has 0 radical (unpaired) electrons. The van der Waals surface area contributed by atoms with Crippen LogP contribution in [0.5, 0.6) is 0 Å². The van der Waals surface area contributed by atoms with Gasteiger partial charge < -0.3 is 5.32 Å². The van der Waals surface area contributed by atoms with E-state index in [2.05, 4.69) is 11.4 Å². The summed E-state index contributed by atoms with van der Waals surface area (Å²) in [6.45, 7) is 5.78. The van der Waals surface area contributed by atoms with Crippen molar-refractivity contribution in [1.29, 1.82) is 5.26 Å². The van der Waals surface area contributed by atoms with Crippen molar-refractivity contribution in [1.82, 2.24) is 14.5 Å². The normalized spacial score (nSPS) is 12.2. The molecule has 0 saturated carbocycles. The number of carbonyl (C=O) groups excluding carboxylic acids is 1. The second-order valence-corrected chi connectivity index (χ2v) is 9.08. The molecule has 1 atom stereocenters. The average Bonchev–Trinajstić information content (AvgIpc) is 3.32. The summed E-state index contributed by atoms with van der Waals surface area (Å²) in [5.41, 5.74) is 3.37. The van der Waals surface area contributed by atoms with Gasteiger partial charge in [-0.25, -0.2) is 9.37 Å². The number of amides is 1. The predicted molar refractivity (Wildman–Crippen MR) is 129 cm³/mol. The summed E-state index contributed by atoms with van der Waals surface area (Å²) >= 11 is 1.61. The Balaban J connectivity index is 1.58. The highest BCUT2D eigenvalue weighted by Gasteiger charge is 2.23. The Morgan fingerprint density at radius 1 is 1.27 bits per heavy atom. The van der Waals surface area contributed by atoms with Crippen LogP contribution in [0.3, 0.4) is 0 Å². The van der Waals surface area contributed by atoms with E-state index in [9.17, 15) is 14.4 Å². The average molecular weight is 462 g/mol. The monoisotopic (exact) mass is 461 g/mol. The van der Waals surface area contributed by atoms with Crippen LogP contribution in [0.25, 0.3) is 15.9 Å². The van der Waals surface area contributed by atoms with Crippen LogP contribution < -0.4 is 5.32 Å². The van der Waals surface area contributed by atoms with Gasteiger partial charge in [0.2, 0.25) is 5.91 Å². The molecule has 0 bridgehead atoms. The van der Waals surface area contributed by atoms with Crippen molar-refractivity contribution in [2.45, 2.75) is 26.8 Å². The van der Waals surface area contributed by atoms with Gasteiger partial charge in [-0.2, -0.15) is 5.26 Å². The Labute approximate surface area is 195 Å². The lowest BCUT2D eigenvalue weighted by Crippen LogP contribution is -2.32. The Morgan fingerprint density at radius 2 is 2.03 bits per heavy atom. The van der Waals surface area contributed by atoms with Gasteiger partial charge in [-0.1, -0.05) is 18.2 Å². The number of nitriles is 1. The zero-order chi connectivity index (χ0) is 23.7. The first-order chi connectivity index (χ1) is 15.8. The second kappa shape index (κ2) is 9.14. The highest BCUT2D eigenvalue weighted by Crippen LogP contribution is 2.31. The second-order valence-electron chi connectivity index (χ2n) is 8.02. The molecule has 168 valence electrons. The fourth-order valence-corrected chi connectivity index (χ4v) is 4.88. The molecular weight excluding hydrogens is 437 g/mol. The van der Waals surface area contributed by atoms with Gasteiger partial charge in [0, 0.05) is 5.69 Å². The lowest BCUT2D eigenvalue weighted by atomic mass is 10.2. The van der Waals surface area contributed by atoms with E-state index in [1.807, 2.05) is 57.0 Å². The van der Waals surface area contributed by atoms with Gasteiger partial charge in [0.1, 0.15) is 22.7 Å². The third-order valence-electron chi connectivity index (χ3n) is 5.87. The number of nitrogens with zero attached hydrogens (tertiary/aromatic N) is 4. The minimum absolute atomic E-state index is 0.0675. The van der Waals surface area contributed by atoms with Crippen molar-refractivity contribution in [3.63, 3.8) is 0 Å². The van der Waals surface area contributed by atoms with Gasteiger partial charge in [0.25, 0.3) is 0 Å². The van der Waals surface area contributed by atoms with Gasteiger partial charge in [-0.05, 0) is 63.7 Å². The summed E-state index contributed by atoms with van der Waals surface area (Å²) in [5, 5.41) is 13.6. The predicted octanol–water partition coefficient (Wildman–Crippen LogP) is 5.35. The quantitative estimate of drug-likeness (QED) is 0.420. The number of para-hydroxylation sites is 1. The smallest absolute Gasteiger partial charge is 0.239 e. The number of thiazole rings is 1. The maximum absolute atomic E-state index is 13.9. The molecule has 0 aliphatic carbocycles. The maximum Gasteiger partial charge on any atom is 0.239 e. The first kappa shape index (κ1) is 22.6. The topological polar surface area (TPSA) is 74.0 Å². The van der Waals surface area contributed by atoms with Crippen LogP contribution in [0.15, 0.2) is 48.5 Å². The highest BCUT2D eigenvalue weighted by atomic mass is 32.1. The lowest BCUT2D eigenvalue weighted by Gasteiger charge is -2.22. The van der Waals surface area contributed by atoms with Crippen molar-refractivity contribution in [3.8, 4) is 11.8 Å². The number of aromatic nitrogens is 2. The van der Waals surface area contributed by atoms with Crippen LogP contribution in [0.2, 0.25) is 0 Å². The van der Waals surface area contributed by atoms with Crippen LogP contribution in [-0.2, 0) is 4.79 Å². The number of halogens is 1. The summed E-state index contributed by atoms with van der Waals surface area (Å²) in [6.07, 6.45) is 0. The fourth-order valence-electron chi connectivity index (χ4n) is 3.79. The lowest BCUT2D eigenvalue weighted by molar-refractivity contribution is -0.117. The van der Waals surface area contributed by atoms with Crippen molar-refractivity contribution >= 4 is 33.3 Å². The van der Waals surface area contributed by atoms with E-state index in [0.29, 0.717) is 17.1 Å². The van der Waals surface area contributed by atoms with E-state index in [-0.39, 0.29) is 18.5 Å². The molecule has 1 N–H and O–H groups in total. The van der Waals surface area contributed by atoms with Gasteiger partial charge in [0.15, 0.2) is 0 Å². The molecule has 33 heavy (non-hydrogen) atoms. The van der Waals surface area contributed by atoms with Crippen LogP contribution in [-0.4, -0.2) is 34.0 Å². The SMILES string of the molecule is Cc1c(C#N)c(NC(=O)CN(C)C(C)c2nc3ccccc3s2)n(-c2cccc(F)c2)c1C. The number of carbonyl (C=O) groups is 1. The molecule has 1 amide bonds. The Hall–Kier alpha value is -3.54. The first-order valence-electron chi connectivity index (χ1n) is 10.5. The third kappa shape index (κ3) is 4.38. The molecule has 0 aliphatic heterocycles. The molecule has 0 saturated heterocycles. The van der Waals surface area contributed by atoms with Crippen LogP contribution in [0, 0.1) is 31.0 Å². The van der Waals surface area contributed by atoms with Crippen LogP contribution in [0.4, 0.5) is 10.2 Å². The molecule has 0 fully saturated rings. The first-order valence-corrected chi connectivity index (χ1v) is 11.3. The molecule has 0 spiro atoms. The van der Waals surface area contributed by atoms with Crippen molar-refractivity contribution < 1.29 is 9.18 Å². The number of fused-ring (bicyclic) bond motifs is 1. The molecule has 1 unspecified atom stereocenters. The molecular formula is C25H24FN5OS. The minimum atomic E-state index is -0.390. The molecule has 0 aliphatic rings. The molecule has 2 heterocycles. The number of benzene rings is 2. The van der Waals surface area contributed by atoms with Crippen molar-refractivity contribution in [3.05, 3.63) is 76.2 Å². The van der Waals surface area contributed by atoms with Crippen molar-refractivity contribution in [2.75, 3.05) is 18.9 Å². The molecule has 6 nitrogen and oxygen atoms in total. The zero-order valence-electron chi connectivity index (χ0n) is 18.9. The largest absolute Gasteiger partial charge is 0.310 e. The summed E-state index contributed by atoms with van der Waals surface area (Å²) in [7, 11) is 1.86. The van der Waals surface area contributed by atoms with E-state index in [1.54, 1.807) is 28.0 Å². The van der Waals surface area contributed by atoms with E-state index < -0.39 is 5.82 Å². The minimum Gasteiger partial charge on any atom is -0.310 e. The Kier molecular flexibility index (Phi) is 6.27. The molecule has 4 rings (SSSR count). The number of hydrogen-bond donors (Lipinski definition) is 1. The van der Waals surface area contributed by atoms with E-state index in [0.717, 1.165) is 26.5 Å². The van der Waals surface area contributed by atoms with E-state index in [4.69, 9.17) is 4.98 Å². The number of rotatable bonds is 6.